The van der Waals surface area contributed by atoms with Crippen molar-refractivity contribution in [2.24, 2.45) is 0 Å². The third-order valence-corrected chi connectivity index (χ3v) is 3.09. The third-order valence-electron chi connectivity index (χ3n) is 3.09. The number of nitrogens with zero attached hydrogens (tertiary/aromatic N) is 1. The first-order valence-electron chi connectivity index (χ1n) is 7.12. The number of carbonyl (C=O) groups excluding carboxylic acids is 1. The molecule has 1 fully saturated rings. The highest BCUT2D eigenvalue weighted by Gasteiger charge is 2.30. The van der Waals surface area contributed by atoms with Gasteiger partial charge in [0.25, 0.3) is 0 Å². The number of amides is 1. The van der Waals surface area contributed by atoms with Gasteiger partial charge in [-0.3, -0.25) is 4.90 Å². The molecule has 2 rings (SSSR count). The fourth-order valence-corrected chi connectivity index (χ4v) is 2.19. The van der Waals surface area contributed by atoms with Crippen molar-refractivity contribution in [2.45, 2.75) is 45.3 Å². The van der Waals surface area contributed by atoms with Gasteiger partial charge in [0.2, 0.25) is 0 Å². The SMILES string of the molecule is CC(C)(C)OC(=O)N1CCCC1C#Cc1cccc(F)c1. The van der Waals surface area contributed by atoms with Gasteiger partial charge in [-0.15, -0.1) is 0 Å². The predicted octanol–water partition coefficient (Wildman–Crippen LogP) is 3.58. The molecule has 21 heavy (non-hydrogen) atoms. The van der Waals surface area contributed by atoms with E-state index in [4.69, 9.17) is 4.74 Å². The van der Waals surface area contributed by atoms with E-state index in [0.717, 1.165) is 12.8 Å². The Labute approximate surface area is 125 Å². The van der Waals surface area contributed by atoms with E-state index in [0.29, 0.717) is 12.1 Å². The summed E-state index contributed by atoms with van der Waals surface area (Å²) < 4.78 is 18.5. The molecule has 1 aliphatic rings. The summed E-state index contributed by atoms with van der Waals surface area (Å²) in [6.45, 7) is 6.18. The molecule has 3 nitrogen and oxygen atoms in total. The van der Waals surface area contributed by atoms with Gasteiger partial charge in [-0.05, 0) is 51.8 Å². The monoisotopic (exact) mass is 289 g/mol. The Kier molecular flexibility index (Phi) is 4.52. The smallest absolute Gasteiger partial charge is 0.411 e. The Hall–Kier alpha value is -2.02. The van der Waals surface area contributed by atoms with E-state index < -0.39 is 5.60 Å². The molecule has 0 aliphatic carbocycles. The zero-order valence-corrected chi connectivity index (χ0v) is 12.6. The fourth-order valence-electron chi connectivity index (χ4n) is 2.19. The molecule has 0 aromatic heterocycles. The molecule has 4 heteroatoms. The molecule has 112 valence electrons. The van der Waals surface area contributed by atoms with E-state index in [2.05, 4.69) is 11.8 Å². The lowest BCUT2D eigenvalue weighted by Gasteiger charge is -2.26. The molecule has 1 aromatic carbocycles. The van der Waals surface area contributed by atoms with Crippen LogP contribution in [0.1, 0.15) is 39.2 Å². The lowest BCUT2D eigenvalue weighted by atomic mass is 10.2. The van der Waals surface area contributed by atoms with E-state index >= 15 is 0 Å². The van der Waals surface area contributed by atoms with Crippen LogP contribution in [0.25, 0.3) is 0 Å². The summed E-state index contributed by atoms with van der Waals surface area (Å²) >= 11 is 0. The van der Waals surface area contributed by atoms with Crippen LogP contribution in [0.4, 0.5) is 9.18 Å². The highest BCUT2D eigenvalue weighted by Crippen LogP contribution is 2.20. The molecule has 1 atom stereocenters. The lowest BCUT2D eigenvalue weighted by Crippen LogP contribution is -2.39. The van der Waals surface area contributed by atoms with Crippen molar-refractivity contribution >= 4 is 6.09 Å². The van der Waals surface area contributed by atoms with Crippen LogP contribution in [-0.2, 0) is 4.74 Å². The van der Waals surface area contributed by atoms with Crippen molar-refractivity contribution < 1.29 is 13.9 Å². The maximum atomic E-state index is 13.1. The van der Waals surface area contributed by atoms with Crippen LogP contribution < -0.4 is 0 Å². The maximum Gasteiger partial charge on any atom is 0.411 e. The molecule has 1 saturated heterocycles. The molecule has 1 amide bonds. The number of likely N-dealkylation sites (tertiary alicyclic amines) is 1. The minimum atomic E-state index is -0.514. The second kappa shape index (κ2) is 6.17. The first-order chi connectivity index (χ1) is 9.85. The molecule has 1 heterocycles. The van der Waals surface area contributed by atoms with Gasteiger partial charge < -0.3 is 4.74 Å². The van der Waals surface area contributed by atoms with Gasteiger partial charge in [0.1, 0.15) is 11.4 Å². The molecular weight excluding hydrogens is 269 g/mol. The van der Waals surface area contributed by atoms with Crippen LogP contribution >= 0.6 is 0 Å². The van der Waals surface area contributed by atoms with E-state index in [1.54, 1.807) is 17.0 Å². The molecule has 1 aromatic rings. The van der Waals surface area contributed by atoms with Crippen molar-refractivity contribution in [3.63, 3.8) is 0 Å². The lowest BCUT2D eigenvalue weighted by molar-refractivity contribution is 0.0261. The first-order valence-corrected chi connectivity index (χ1v) is 7.12. The number of benzene rings is 1. The van der Waals surface area contributed by atoms with Crippen LogP contribution in [0.5, 0.6) is 0 Å². The standard InChI is InChI=1S/C17H20FNO2/c1-17(2,3)21-16(20)19-11-5-8-15(19)10-9-13-6-4-7-14(18)12-13/h4,6-7,12,15H,5,8,11H2,1-3H3. The van der Waals surface area contributed by atoms with Gasteiger partial charge in [-0.1, -0.05) is 17.9 Å². The molecule has 1 unspecified atom stereocenters. The largest absolute Gasteiger partial charge is 0.444 e. The number of hydrogen-bond acceptors (Lipinski definition) is 2. The van der Waals surface area contributed by atoms with Crippen molar-refractivity contribution in [1.29, 1.82) is 0 Å². The second-order valence-corrected chi connectivity index (χ2v) is 6.11. The molecule has 0 N–H and O–H groups in total. The fraction of sp³-hybridized carbons (Fsp3) is 0.471. The van der Waals surface area contributed by atoms with Crippen molar-refractivity contribution in [1.82, 2.24) is 4.90 Å². The van der Waals surface area contributed by atoms with Crippen LogP contribution in [0.15, 0.2) is 24.3 Å². The summed E-state index contributed by atoms with van der Waals surface area (Å²) in [5, 5.41) is 0. The molecule has 0 spiro atoms. The molecular formula is C17H20FNO2. The van der Waals surface area contributed by atoms with Crippen molar-refractivity contribution in [3.05, 3.63) is 35.6 Å². The first kappa shape index (κ1) is 15.4. The van der Waals surface area contributed by atoms with E-state index in [1.807, 2.05) is 20.8 Å². The summed E-state index contributed by atoms with van der Waals surface area (Å²) in [5.41, 5.74) is 0.103. The topological polar surface area (TPSA) is 29.5 Å². The van der Waals surface area contributed by atoms with Crippen LogP contribution in [0.3, 0.4) is 0 Å². The van der Waals surface area contributed by atoms with Gasteiger partial charge in [0.15, 0.2) is 0 Å². The second-order valence-electron chi connectivity index (χ2n) is 6.11. The summed E-state index contributed by atoms with van der Waals surface area (Å²) in [5.74, 6) is 5.68. The average Bonchev–Trinajstić information content (AvgIpc) is 2.83. The number of carbonyl (C=O) groups is 1. The van der Waals surface area contributed by atoms with Crippen LogP contribution in [0, 0.1) is 17.7 Å². The molecule has 1 aliphatic heterocycles. The zero-order chi connectivity index (χ0) is 15.5. The maximum absolute atomic E-state index is 13.1. The summed E-state index contributed by atoms with van der Waals surface area (Å²) in [7, 11) is 0. The van der Waals surface area contributed by atoms with E-state index in [9.17, 15) is 9.18 Å². The molecule has 0 saturated carbocycles. The minimum absolute atomic E-state index is 0.164. The Morgan fingerprint density at radius 3 is 2.86 bits per heavy atom. The number of ether oxygens (including phenoxy) is 1. The molecule has 0 radical (unpaired) electrons. The zero-order valence-electron chi connectivity index (χ0n) is 12.6. The van der Waals surface area contributed by atoms with Crippen molar-refractivity contribution in [2.75, 3.05) is 6.54 Å². The minimum Gasteiger partial charge on any atom is -0.444 e. The normalized spacial score (nSPS) is 18.1. The van der Waals surface area contributed by atoms with E-state index in [1.165, 1.54) is 12.1 Å². The van der Waals surface area contributed by atoms with Crippen molar-refractivity contribution in [3.8, 4) is 11.8 Å². The Balaban J connectivity index is 2.08. The third kappa shape index (κ3) is 4.49. The highest BCUT2D eigenvalue weighted by molar-refractivity contribution is 5.69. The molecule has 0 bridgehead atoms. The van der Waals surface area contributed by atoms with Gasteiger partial charge in [-0.25, -0.2) is 9.18 Å². The number of hydrogen-bond donors (Lipinski definition) is 0. The summed E-state index contributed by atoms with van der Waals surface area (Å²) in [6, 6.07) is 5.99. The van der Waals surface area contributed by atoms with Gasteiger partial charge in [0.05, 0.1) is 6.04 Å². The quantitative estimate of drug-likeness (QED) is 0.683. The Bertz CT molecular complexity index is 580. The predicted molar refractivity (Wildman–Crippen MR) is 79.2 cm³/mol. The number of halogens is 1. The van der Waals surface area contributed by atoms with Gasteiger partial charge >= 0.3 is 6.09 Å². The summed E-state index contributed by atoms with van der Waals surface area (Å²) in [4.78, 5) is 13.8. The Morgan fingerprint density at radius 1 is 1.43 bits per heavy atom. The Morgan fingerprint density at radius 2 is 2.19 bits per heavy atom. The summed E-state index contributed by atoms with van der Waals surface area (Å²) in [6.07, 6.45) is 1.39. The van der Waals surface area contributed by atoms with E-state index in [-0.39, 0.29) is 18.0 Å². The van der Waals surface area contributed by atoms with Gasteiger partial charge in [0, 0.05) is 12.1 Å². The average molecular weight is 289 g/mol. The van der Waals surface area contributed by atoms with Gasteiger partial charge in [-0.2, -0.15) is 0 Å². The highest BCUT2D eigenvalue weighted by atomic mass is 19.1. The van der Waals surface area contributed by atoms with Crippen LogP contribution in [0.2, 0.25) is 0 Å². The van der Waals surface area contributed by atoms with Crippen LogP contribution in [-0.4, -0.2) is 29.2 Å². The number of rotatable bonds is 0.